The van der Waals surface area contributed by atoms with Crippen LogP contribution in [0.2, 0.25) is 0 Å². The van der Waals surface area contributed by atoms with Crippen LogP contribution < -0.4 is 5.32 Å². The first-order chi connectivity index (χ1) is 31.0. The molecule has 0 heterocycles. The first-order valence-corrected chi connectivity index (χ1v) is 28.1. The zero-order valence-electron chi connectivity index (χ0n) is 42.5. The number of esters is 1. The molecule has 0 aromatic carbocycles. The number of hydrogen-bond donors (Lipinski definition) is 3. The Bertz CT molecular complexity index is 997. The monoisotopic (exact) mass is 888 g/mol. The first-order valence-electron chi connectivity index (χ1n) is 28.1. The van der Waals surface area contributed by atoms with Crippen LogP contribution in [0, 0.1) is 0 Å². The molecule has 6 heteroatoms. The van der Waals surface area contributed by atoms with Crippen LogP contribution in [0.1, 0.15) is 303 Å². The van der Waals surface area contributed by atoms with Crippen molar-refractivity contribution in [2.75, 3.05) is 6.61 Å². The zero-order chi connectivity index (χ0) is 45.9. The van der Waals surface area contributed by atoms with Gasteiger partial charge in [-0.25, -0.2) is 0 Å². The third-order valence-electron chi connectivity index (χ3n) is 13.1. The van der Waals surface area contributed by atoms with E-state index in [0.717, 1.165) is 57.8 Å². The molecule has 0 bridgehead atoms. The van der Waals surface area contributed by atoms with Gasteiger partial charge in [-0.2, -0.15) is 0 Å². The minimum Gasteiger partial charge on any atom is -0.462 e. The van der Waals surface area contributed by atoms with Crippen LogP contribution in [0.25, 0.3) is 0 Å². The van der Waals surface area contributed by atoms with Gasteiger partial charge in [0.25, 0.3) is 0 Å². The number of allylic oxidation sites excluding steroid dienone is 4. The van der Waals surface area contributed by atoms with Gasteiger partial charge in [-0.3, -0.25) is 9.59 Å². The molecule has 3 unspecified atom stereocenters. The third-order valence-corrected chi connectivity index (χ3v) is 13.1. The fourth-order valence-electron chi connectivity index (χ4n) is 8.78. The Balaban J connectivity index is 4.57. The van der Waals surface area contributed by atoms with Gasteiger partial charge in [0, 0.05) is 6.42 Å². The third kappa shape index (κ3) is 46.7. The Labute approximate surface area is 392 Å². The fourth-order valence-corrected chi connectivity index (χ4v) is 8.78. The van der Waals surface area contributed by atoms with Crippen LogP contribution in [-0.2, 0) is 14.3 Å². The van der Waals surface area contributed by atoms with E-state index in [1.807, 2.05) is 0 Å². The van der Waals surface area contributed by atoms with Crippen molar-refractivity contribution in [3.8, 4) is 0 Å². The molecule has 372 valence electrons. The van der Waals surface area contributed by atoms with E-state index in [2.05, 4.69) is 50.4 Å². The Morgan fingerprint density at radius 2 is 0.794 bits per heavy atom. The average molecular weight is 889 g/mol. The zero-order valence-corrected chi connectivity index (χ0v) is 42.5. The number of carbonyl (C=O) groups excluding carboxylic acids is 2. The molecule has 0 aliphatic heterocycles. The molecule has 3 atom stereocenters. The van der Waals surface area contributed by atoms with Crippen molar-refractivity contribution in [1.29, 1.82) is 0 Å². The van der Waals surface area contributed by atoms with Crippen LogP contribution >= 0.6 is 0 Å². The summed E-state index contributed by atoms with van der Waals surface area (Å²) >= 11 is 0. The summed E-state index contributed by atoms with van der Waals surface area (Å²) in [6.45, 7) is 6.50. The summed E-state index contributed by atoms with van der Waals surface area (Å²) in [5.74, 6) is -0.487. The molecule has 6 nitrogen and oxygen atoms in total. The minimum absolute atomic E-state index is 0.0729. The summed E-state index contributed by atoms with van der Waals surface area (Å²) in [5, 5.41) is 23.8. The fraction of sp³-hybridized carbons (Fsp3) is 0.895. The average Bonchev–Trinajstić information content (AvgIpc) is 3.28. The molecule has 0 rings (SSSR count). The largest absolute Gasteiger partial charge is 0.462 e. The molecule has 0 aromatic heterocycles. The van der Waals surface area contributed by atoms with Crippen molar-refractivity contribution < 1.29 is 24.5 Å². The number of rotatable bonds is 51. The lowest BCUT2D eigenvalue weighted by atomic mass is 10.0. The molecule has 0 saturated carbocycles. The summed E-state index contributed by atoms with van der Waals surface area (Å²) in [6, 6.07) is -0.702. The predicted octanol–water partition coefficient (Wildman–Crippen LogP) is 17.1. The van der Waals surface area contributed by atoms with Gasteiger partial charge >= 0.3 is 5.97 Å². The minimum atomic E-state index is -0.788. The van der Waals surface area contributed by atoms with Crippen LogP contribution in [0.5, 0.6) is 0 Å². The number of nitrogens with one attached hydrogen (secondary N) is 1. The van der Waals surface area contributed by atoms with Gasteiger partial charge in [-0.05, 0) is 51.4 Å². The predicted molar refractivity (Wildman–Crippen MR) is 273 cm³/mol. The van der Waals surface area contributed by atoms with E-state index < -0.39 is 18.2 Å². The molecule has 3 N–H and O–H groups in total. The van der Waals surface area contributed by atoms with Crippen molar-refractivity contribution >= 4 is 11.9 Å². The Morgan fingerprint density at radius 3 is 1.17 bits per heavy atom. The van der Waals surface area contributed by atoms with Gasteiger partial charge in [0.15, 0.2) is 0 Å². The summed E-state index contributed by atoms with van der Waals surface area (Å²) in [6.07, 6.45) is 59.6. The molecular formula is C57H109NO5. The molecule has 0 fully saturated rings. The second-order valence-corrected chi connectivity index (χ2v) is 19.4. The lowest BCUT2D eigenvalue weighted by Crippen LogP contribution is -2.46. The number of carbonyl (C=O) groups is 2. The van der Waals surface area contributed by atoms with Gasteiger partial charge < -0.3 is 20.3 Å². The van der Waals surface area contributed by atoms with Crippen molar-refractivity contribution in [3.05, 3.63) is 24.3 Å². The van der Waals surface area contributed by atoms with Crippen molar-refractivity contribution in [1.82, 2.24) is 5.32 Å². The van der Waals surface area contributed by atoms with Crippen LogP contribution in [0.4, 0.5) is 0 Å². The van der Waals surface area contributed by atoms with E-state index in [4.69, 9.17) is 4.74 Å². The van der Waals surface area contributed by atoms with E-state index >= 15 is 0 Å². The number of hydrogen-bond acceptors (Lipinski definition) is 5. The van der Waals surface area contributed by atoms with E-state index in [-0.39, 0.29) is 24.9 Å². The molecule has 0 aromatic rings. The van der Waals surface area contributed by atoms with Gasteiger partial charge in [0.05, 0.1) is 25.2 Å². The van der Waals surface area contributed by atoms with Gasteiger partial charge in [-0.15, -0.1) is 0 Å². The Kier molecular flexibility index (Phi) is 50.0. The van der Waals surface area contributed by atoms with Gasteiger partial charge in [0.1, 0.15) is 6.10 Å². The highest BCUT2D eigenvalue weighted by molar-refractivity contribution is 5.77. The highest BCUT2D eigenvalue weighted by Gasteiger charge is 2.24. The lowest BCUT2D eigenvalue weighted by molar-refractivity contribution is -0.151. The second-order valence-electron chi connectivity index (χ2n) is 19.4. The molecule has 63 heavy (non-hydrogen) atoms. The summed E-state index contributed by atoms with van der Waals surface area (Å²) in [4.78, 5) is 26.2. The number of unbranched alkanes of at least 4 members (excludes halogenated alkanes) is 36. The SMILES string of the molecule is CCCCCCCCC/C=C/C=C/CCCCCC(=O)OC(CCCCCCCCCCCCCCCCCCC)CC(=O)NC(CO)C(O)CCCCCCCCCCCCC. The quantitative estimate of drug-likeness (QED) is 0.0321. The highest BCUT2D eigenvalue weighted by atomic mass is 16.5. The maximum atomic E-state index is 13.2. The van der Waals surface area contributed by atoms with Gasteiger partial charge in [-0.1, -0.05) is 263 Å². The molecule has 0 aliphatic carbocycles. The maximum absolute atomic E-state index is 13.2. The van der Waals surface area contributed by atoms with Crippen LogP contribution in [0.15, 0.2) is 24.3 Å². The lowest BCUT2D eigenvalue weighted by Gasteiger charge is -2.24. The van der Waals surface area contributed by atoms with E-state index in [9.17, 15) is 19.8 Å². The maximum Gasteiger partial charge on any atom is 0.306 e. The van der Waals surface area contributed by atoms with Crippen molar-refractivity contribution in [3.63, 3.8) is 0 Å². The number of amides is 1. The summed E-state index contributed by atoms with van der Waals surface area (Å²) in [7, 11) is 0. The van der Waals surface area contributed by atoms with E-state index in [0.29, 0.717) is 19.3 Å². The van der Waals surface area contributed by atoms with E-state index in [1.54, 1.807) is 0 Å². The van der Waals surface area contributed by atoms with Gasteiger partial charge in [0.2, 0.25) is 5.91 Å². The smallest absolute Gasteiger partial charge is 0.306 e. The Hall–Kier alpha value is -1.66. The summed E-state index contributed by atoms with van der Waals surface area (Å²) in [5.41, 5.74) is 0. The first kappa shape index (κ1) is 61.3. The molecular weight excluding hydrogens is 779 g/mol. The summed E-state index contributed by atoms with van der Waals surface area (Å²) < 4.78 is 5.95. The highest BCUT2D eigenvalue weighted by Crippen LogP contribution is 2.19. The molecule has 0 spiro atoms. The second kappa shape index (κ2) is 51.3. The topological polar surface area (TPSA) is 95.9 Å². The molecule has 0 radical (unpaired) electrons. The van der Waals surface area contributed by atoms with Crippen molar-refractivity contribution in [2.24, 2.45) is 0 Å². The number of aliphatic hydroxyl groups is 2. The van der Waals surface area contributed by atoms with Crippen molar-refractivity contribution in [2.45, 2.75) is 322 Å². The number of aliphatic hydroxyl groups excluding tert-OH is 2. The van der Waals surface area contributed by atoms with Crippen LogP contribution in [0.3, 0.4) is 0 Å². The Morgan fingerprint density at radius 1 is 0.460 bits per heavy atom. The number of ether oxygens (including phenoxy) is 1. The van der Waals surface area contributed by atoms with Crippen LogP contribution in [-0.4, -0.2) is 46.9 Å². The van der Waals surface area contributed by atoms with E-state index in [1.165, 1.54) is 199 Å². The normalized spacial score (nSPS) is 13.3. The molecule has 1 amide bonds. The standard InChI is InChI=1S/C57H109NO5/c1-4-7-10-13-16-19-22-24-26-28-29-31-34-36-39-42-45-48-53(63-57(62)50-47-44-41-38-35-32-30-27-25-23-20-17-14-11-8-5-2)51-56(61)58-54(52-59)55(60)49-46-43-40-37-33-21-18-15-12-9-6-3/h27,30,32,35,53-55,59-60H,4-26,28-29,31,33-34,36-52H2,1-3H3,(H,58,61)/b30-27+,35-32+. The molecule has 0 saturated heterocycles. The molecule has 0 aliphatic rings.